The second-order valence-corrected chi connectivity index (χ2v) is 6.98. The van der Waals surface area contributed by atoms with Crippen molar-refractivity contribution < 1.29 is 0 Å². The minimum atomic E-state index is -0.304. The Balaban J connectivity index is 2.02. The minimum Gasteiger partial charge on any atom is -0.387 e. The Morgan fingerprint density at radius 2 is 2.13 bits per heavy atom. The molecule has 4 aromatic rings. The summed E-state index contributed by atoms with van der Waals surface area (Å²) in [5, 5.41) is 33.8. The van der Waals surface area contributed by atoms with Gasteiger partial charge >= 0.3 is 0 Å². The second kappa shape index (κ2) is 7.85. The molecule has 0 fully saturated rings. The SMILES string of the molecule is CN/C(=C(\C=N)c1ccc2c(=O)[nH]nc(CN)c2c1)c1ccc2nn(C)cc2c1C#N. The molecule has 0 radical (unpaired) electrons. The van der Waals surface area contributed by atoms with Gasteiger partial charge in [-0.2, -0.15) is 15.5 Å². The van der Waals surface area contributed by atoms with E-state index < -0.39 is 0 Å². The number of benzene rings is 2. The van der Waals surface area contributed by atoms with Crippen molar-refractivity contribution in [1.82, 2.24) is 25.3 Å². The third-order valence-corrected chi connectivity index (χ3v) is 5.22. The number of H-pyrrole nitrogens is 1. The van der Waals surface area contributed by atoms with E-state index in [0.29, 0.717) is 44.4 Å². The van der Waals surface area contributed by atoms with Crippen molar-refractivity contribution in [3.8, 4) is 6.07 Å². The summed E-state index contributed by atoms with van der Waals surface area (Å²) in [6.45, 7) is 0.162. The Labute approximate surface area is 177 Å². The summed E-state index contributed by atoms with van der Waals surface area (Å²) < 4.78 is 1.66. The molecule has 2 heterocycles. The van der Waals surface area contributed by atoms with E-state index in [-0.39, 0.29) is 12.1 Å². The summed E-state index contributed by atoms with van der Waals surface area (Å²) >= 11 is 0. The second-order valence-electron chi connectivity index (χ2n) is 6.98. The molecule has 9 heteroatoms. The first-order valence-corrected chi connectivity index (χ1v) is 9.53. The highest BCUT2D eigenvalue weighted by molar-refractivity contribution is 6.19. The van der Waals surface area contributed by atoms with E-state index in [2.05, 4.69) is 26.7 Å². The lowest BCUT2D eigenvalue weighted by Crippen LogP contribution is -2.14. The van der Waals surface area contributed by atoms with Gasteiger partial charge in [-0.1, -0.05) is 6.07 Å². The lowest BCUT2D eigenvalue weighted by Gasteiger charge is -2.15. The number of aromatic nitrogens is 4. The summed E-state index contributed by atoms with van der Waals surface area (Å²) in [4.78, 5) is 12.1. The number of hydrogen-bond donors (Lipinski definition) is 4. The summed E-state index contributed by atoms with van der Waals surface area (Å²) in [5.41, 5.74) is 9.77. The molecule has 0 aliphatic rings. The van der Waals surface area contributed by atoms with Crippen LogP contribution in [0.3, 0.4) is 0 Å². The molecule has 2 aromatic heterocycles. The average Bonchev–Trinajstić information content (AvgIpc) is 3.17. The number of aryl methyl sites for hydroxylation is 1. The number of nitrogens with one attached hydrogen (secondary N) is 3. The van der Waals surface area contributed by atoms with Gasteiger partial charge in [0.1, 0.15) is 6.07 Å². The third-order valence-electron chi connectivity index (χ3n) is 5.22. The Morgan fingerprint density at radius 3 is 2.81 bits per heavy atom. The lowest BCUT2D eigenvalue weighted by molar-refractivity contribution is 0.780. The van der Waals surface area contributed by atoms with E-state index >= 15 is 0 Å². The van der Waals surface area contributed by atoms with Crippen LogP contribution in [0.15, 0.2) is 41.3 Å². The highest BCUT2D eigenvalue weighted by atomic mass is 16.1. The van der Waals surface area contributed by atoms with Gasteiger partial charge in [-0.15, -0.1) is 0 Å². The van der Waals surface area contributed by atoms with Crippen molar-refractivity contribution in [2.75, 3.05) is 7.05 Å². The number of hydrogen-bond acceptors (Lipinski definition) is 7. The first-order chi connectivity index (χ1) is 15.0. The number of nitrogens with zero attached hydrogens (tertiary/aromatic N) is 4. The molecule has 5 N–H and O–H groups in total. The molecular formula is C22H20N8O. The molecule has 0 amide bonds. The van der Waals surface area contributed by atoms with Crippen molar-refractivity contribution in [1.29, 1.82) is 10.7 Å². The first-order valence-electron chi connectivity index (χ1n) is 9.53. The largest absolute Gasteiger partial charge is 0.387 e. The van der Waals surface area contributed by atoms with Crippen LogP contribution in [0, 0.1) is 16.7 Å². The number of fused-ring (bicyclic) bond motifs is 2. The number of aromatic amines is 1. The molecule has 0 unspecified atom stereocenters. The minimum absolute atomic E-state index is 0.162. The number of allylic oxidation sites excluding steroid dienone is 1. The van der Waals surface area contributed by atoms with Crippen LogP contribution >= 0.6 is 0 Å². The molecule has 4 rings (SSSR count). The monoisotopic (exact) mass is 412 g/mol. The zero-order chi connectivity index (χ0) is 22.1. The van der Waals surface area contributed by atoms with E-state index in [4.69, 9.17) is 11.1 Å². The predicted molar refractivity (Wildman–Crippen MR) is 120 cm³/mol. The molecule has 0 saturated carbocycles. The third kappa shape index (κ3) is 3.25. The van der Waals surface area contributed by atoms with Crippen molar-refractivity contribution in [2.24, 2.45) is 12.8 Å². The zero-order valence-corrected chi connectivity index (χ0v) is 17.0. The van der Waals surface area contributed by atoms with E-state index in [1.54, 1.807) is 43.2 Å². The average molecular weight is 412 g/mol. The molecule has 0 aliphatic carbocycles. The molecule has 0 saturated heterocycles. The molecule has 2 aromatic carbocycles. The van der Waals surface area contributed by atoms with Crippen LogP contribution in [0.1, 0.15) is 22.4 Å². The number of nitrogens with two attached hydrogens (primary N) is 1. The highest BCUT2D eigenvalue weighted by Crippen LogP contribution is 2.30. The lowest BCUT2D eigenvalue weighted by atomic mass is 9.94. The Kier molecular flexibility index (Phi) is 5.07. The van der Waals surface area contributed by atoms with Crippen molar-refractivity contribution in [3.05, 3.63) is 69.3 Å². The zero-order valence-electron chi connectivity index (χ0n) is 17.0. The smallest absolute Gasteiger partial charge is 0.272 e. The van der Waals surface area contributed by atoms with Gasteiger partial charge in [-0.25, -0.2) is 5.10 Å². The van der Waals surface area contributed by atoms with Gasteiger partial charge in [0.15, 0.2) is 0 Å². The fourth-order valence-electron chi connectivity index (χ4n) is 3.80. The van der Waals surface area contributed by atoms with Crippen LogP contribution in [0.2, 0.25) is 0 Å². The van der Waals surface area contributed by atoms with Gasteiger partial charge in [0.2, 0.25) is 0 Å². The molecule has 9 nitrogen and oxygen atoms in total. The van der Waals surface area contributed by atoms with Gasteiger partial charge in [0.05, 0.1) is 27.9 Å². The number of rotatable bonds is 5. The normalized spacial score (nSPS) is 11.9. The Bertz CT molecular complexity index is 1470. The topological polar surface area (TPSA) is 149 Å². The molecular weight excluding hydrogens is 392 g/mol. The van der Waals surface area contributed by atoms with Crippen LogP contribution in [-0.4, -0.2) is 33.2 Å². The van der Waals surface area contributed by atoms with Crippen molar-refractivity contribution >= 4 is 39.2 Å². The van der Waals surface area contributed by atoms with Crippen LogP contribution in [0.25, 0.3) is 32.9 Å². The standard InChI is InChI=1S/C22H20N8O/c1-26-21(13-5-6-19-18(17(13)9-24)11-30(2)29-19)16(8-23)12-3-4-14-15(7-12)20(10-25)27-28-22(14)31/h3-8,11,23,26H,10,25H2,1-2H3,(H,28,31)/b21-16+,23-8?. The van der Waals surface area contributed by atoms with E-state index in [1.165, 1.54) is 6.21 Å². The molecule has 0 atom stereocenters. The maximum absolute atomic E-state index is 12.1. The maximum Gasteiger partial charge on any atom is 0.272 e. The summed E-state index contributed by atoms with van der Waals surface area (Å²) in [7, 11) is 3.55. The summed E-state index contributed by atoms with van der Waals surface area (Å²) in [5.74, 6) is 0. The van der Waals surface area contributed by atoms with Gasteiger partial charge < -0.3 is 16.5 Å². The van der Waals surface area contributed by atoms with Crippen LogP contribution in [0.4, 0.5) is 0 Å². The van der Waals surface area contributed by atoms with E-state index in [0.717, 1.165) is 10.9 Å². The van der Waals surface area contributed by atoms with E-state index in [1.807, 2.05) is 12.1 Å². The Hall–Kier alpha value is -4.29. The van der Waals surface area contributed by atoms with Crippen molar-refractivity contribution in [2.45, 2.75) is 6.54 Å². The fourth-order valence-corrected chi connectivity index (χ4v) is 3.80. The van der Waals surface area contributed by atoms with Gasteiger partial charge in [0.25, 0.3) is 5.56 Å². The molecule has 0 bridgehead atoms. The molecule has 31 heavy (non-hydrogen) atoms. The molecule has 154 valence electrons. The van der Waals surface area contributed by atoms with Crippen LogP contribution in [0.5, 0.6) is 0 Å². The highest BCUT2D eigenvalue weighted by Gasteiger charge is 2.17. The fraction of sp³-hybridized carbons (Fsp3) is 0.136. The summed E-state index contributed by atoms with van der Waals surface area (Å²) in [6, 6.07) is 11.2. The number of nitriles is 1. The quantitative estimate of drug-likeness (QED) is 0.290. The molecule has 0 aliphatic heterocycles. The van der Waals surface area contributed by atoms with Crippen LogP contribution < -0.4 is 16.6 Å². The summed E-state index contributed by atoms with van der Waals surface area (Å²) in [6.07, 6.45) is 3.03. The van der Waals surface area contributed by atoms with Crippen LogP contribution in [-0.2, 0) is 13.6 Å². The molecule has 0 spiro atoms. The van der Waals surface area contributed by atoms with Gasteiger partial charge in [-0.05, 0) is 29.8 Å². The first kappa shape index (κ1) is 20.0. The predicted octanol–water partition coefficient (Wildman–Crippen LogP) is 1.88. The maximum atomic E-state index is 12.1. The van der Waals surface area contributed by atoms with E-state index in [9.17, 15) is 10.1 Å². The van der Waals surface area contributed by atoms with Gasteiger partial charge in [0, 0.05) is 55.0 Å². The van der Waals surface area contributed by atoms with Gasteiger partial charge in [-0.3, -0.25) is 9.48 Å². The van der Waals surface area contributed by atoms with Crippen molar-refractivity contribution in [3.63, 3.8) is 0 Å². The Morgan fingerprint density at radius 1 is 1.32 bits per heavy atom.